The highest BCUT2D eigenvalue weighted by Crippen LogP contribution is 2.55. The Labute approximate surface area is 193 Å². The van der Waals surface area contributed by atoms with Crippen LogP contribution in [0.4, 0.5) is 0 Å². The second-order valence-corrected chi connectivity index (χ2v) is 10.4. The van der Waals surface area contributed by atoms with E-state index in [1.54, 1.807) is 4.90 Å². The van der Waals surface area contributed by atoms with Gasteiger partial charge in [0.15, 0.2) is 0 Å². The van der Waals surface area contributed by atoms with E-state index < -0.39 is 29.6 Å². The molecule has 3 heterocycles. The lowest BCUT2D eigenvalue weighted by molar-refractivity contribution is -0.142. The molecule has 5 atom stereocenters. The fourth-order valence-corrected chi connectivity index (χ4v) is 6.20. The fraction of sp³-hybridized carbons (Fsp3) is 0.577. The molecular weight excluding hydrogens is 418 g/mol. The minimum atomic E-state index is -1.08. The molecule has 2 saturated carbocycles. The van der Waals surface area contributed by atoms with E-state index in [1.807, 2.05) is 43.3 Å². The molecule has 7 nitrogen and oxygen atoms in total. The van der Waals surface area contributed by atoms with Crippen LogP contribution in [0.5, 0.6) is 0 Å². The van der Waals surface area contributed by atoms with Gasteiger partial charge in [-0.2, -0.15) is 0 Å². The zero-order valence-corrected chi connectivity index (χ0v) is 19.0. The molecule has 33 heavy (non-hydrogen) atoms. The number of carbonyl (C=O) groups is 3. The Morgan fingerprint density at radius 2 is 1.70 bits per heavy atom. The van der Waals surface area contributed by atoms with Crippen molar-refractivity contribution < 1.29 is 19.1 Å². The Hall–Kier alpha value is -2.67. The lowest BCUT2D eigenvalue weighted by Crippen LogP contribution is -2.55. The number of amides is 3. The van der Waals surface area contributed by atoms with Crippen LogP contribution in [0.1, 0.15) is 49.7 Å². The summed E-state index contributed by atoms with van der Waals surface area (Å²) >= 11 is 0. The van der Waals surface area contributed by atoms with E-state index >= 15 is 0 Å². The van der Waals surface area contributed by atoms with Crippen molar-refractivity contribution in [3.63, 3.8) is 0 Å². The van der Waals surface area contributed by atoms with Gasteiger partial charge in [0.05, 0.1) is 17.9 Å². The van der Waals surface area contributed by atoms with E-state index in [0.717, 1.165) is 49.7 Å². The molecule has 1 aromatic carbocycles. The lowest BCUT2D eigenvalue weighted by atomic mass is 9.74. The van der Waals surface area contributed by atoms with Gasteiger partial charge in [-0.15, -0.1) is 0 Å². The highest BCUT2D eigenvalue weighted by Gasteiger charge is 2.72. The molecule has 2 saturated heterocycles. The normalized spacial score (nSPS) is 34.7. The Morgan fingerprint density at radius 1 is 1.03 bits per heavy atom. The second-order valence-electron chi connectivity index (χ2n) is 10.4. The smallest absolute Gasteiger partial charge is 0.246 e. The van der Waals surface area contributed by atoms with Gasteiger partial charge in [0.25, 0.3) is 0 Å². The number of carbonyl (C=O) groups excluding carboxylic acids is 3. The minimum absolute atomic E-state index is 0.126. The number of nitrogens with one attached hydrogen (secondary N) is 2. The largest absolute Gasteiger partial charge is 0.359 e. The van der Waals surface area contributed by atoms with Crippen molar-refractivity contribution in [1.29, 1.82) is 0 Å². The van der Waals surface area contributed by atoms with Crippen LogP contribution < -0.4 is 10.6 Å². The molecular formula is C26H31N3O4. The summed E-state index contributed by atoms with van der Waals surface area (Å²) < 4.78 is 6.38. The van der Waals surface area contributed by atoms with Crippen LogP contribution in [-0.2, 0) is 25.7 Å². The Morgan fingerprint density at radius 3 is 2.39 bits per heavy atom. The van der Waals surface area contributed by atoms with Crippen molar-refractivity contribution in [3.05, 3.63) is 47.5 Å². The van der Waals surface area contributed by atoms with E-state index in [0.29, 0.717) is 6.54 Å². The maximum Gasteiger partial charge on any atom is 0.246 e. The first-order chi connectivity index (χ1) is 16.0. The fourth-order valence-electron chi connectivity index (χ4n) is 6.20. The topological polar surface area (TPSA) is 87.7 Å². The van der Waals surface area contributed by atoms with Crippen molar-refractivity contribution in [1.82, 2.24) is 15.5 Å². The second kappa shape index (κ2) is 7.69. The van der Waals surface area contributed by atoms with Gasteiger partial charge in [0.1, 0.15) is 11.6 Å². The molecule has 3 amide bonds. The molecule has 5 aliphatic rings. The molecule has 3 aliphatic heterocycles. The maximum absolute atomic E-state index is 13.9. The van der Waals surface area contributed by atoms with E-state index in [4.69, 9.17) is 4.74 Å². The average Bonchev–Trinajstić information content (AvgIpc) is 3.15. The standard InChI is InChI=1S/C26H31N3O4/c1-15-6-8-16(9-7-15)14-29-22(24(31)28-17-4-2-3-5-17)26-13-12-19(33-26)20(21(26)25(29)32)23(30)27-18-10-11-18/h6-9,12-13,17-22H,2-5,10-11,14H2,1H3,(H,27,30)(H,28,31)/t19-,20+,21+,22+,26+/m1/s1. The first-order valence-corrected chi connectivity index (χ1v) is 12.3. The SMILES string of the molecule is Cc1ccc(CN2C(=O)[C@@H]3[C@@H](C(=O)NC4CC4)[C@H]4C=C[C@@]3(O4)[C@@H]2C(=O)NC2CCCC2)cc1. The summed E-state index contributed by atoms with van der Waals surface area (Å²) in [6.45, 7) is 2.34. The number of likely N-dealkylation sites (tertiary alicyclic amines) is 1. The zero-order chi connectivity index (χ0) is 22.7. The van der Waals surface area contributed by atoms with Crippen LogP contribution in [0.3, 0.4) is 0 Å². The summed E-state index contributed by atoms with van der Waals surface area (Å²) in [5, 5.41) is 6.26. The van der Waals surface area contributed by atoms with Crippen LogP contribution >= 0.6 is 0 Å². The zero-order valence-electron chi connectivity index (χ0n) is 19.0. The molecule has 4 fully saturated rings. The number of ether oxygens (including phenoxy) is 1. The summed E-state index contributed by atoms with van der Waals surface area (Å²) in [6.07, 6.45) is 9.42. The minimum Gasteiger partial charge on any atom is -0.359 e. The van der Waals surface area contributed by atoms with Crippen molar-refractivity contribution in [2.75, 3.05) is 0 Å². The quantitative estimate of drug-likeness (QED) is 0.650. The van der Waals surface area contributed by atoms with Gasteiger partial charge in [-0.1, -0.05) is 54.8 Å². The Bertz CT molecular complexity index is 1010. The van der Waals surface area contributed by atoms with Crippen LogP contribution in [0.25, 0.3) is 0 Å². The van der Waals surface area contributed by atoms with Gasteiger partial charge in [-0.05, 0) is 38.2 Å². The van der Waals surface area contributed by atoms with E-state index in [1.165, 1.54) is 0 Å². The molecule has 0 aromatic heterocycles. The number of hydrogen-bond acceptors (Lipinski definition) is 4. The van der Waals surface area contributed by atoms with E-state index in [-0.39, 0.29) is 29.8 Å². The van der Waals surface area contributed by atoms with Crippen molar-refractivity contribution in [2.24, 2.45) is 11.8 Å². The van der Waals surface area contributed by atoms with Crippen molar-refractivity contribution >= 4 is 17.7 Å². The number of hydrogen-bond donors (Lipinski definition) is 2. The molecule has 1 aromatic rings. The summed E-state index contributed by atoms with van der Waals surface area (Å²) in [5.41, 5.74) is 1.02. The van der Waals surface area contributed by atoms with Crippen LogP contribution in [0, 0.1) is 18.8 Å². The molecule has 2 N–H and O–H groups in total. The molecule has 0 unspecified atom stereocenters. The van der Waals surface area contributed by atoms with Gasteiger partial charge < -0.3 is 20.3 Å². The number of nitrogens with zero attached hydrogens (tertiary/aromatic N) is 1. The van der Waals surface area contributed by atoms with Gasteiger partial charge >= 0.3 is 0 Å². The van der Waals surface area contributed by atoms with Gasteiger partial charge in [0, 0.05) is 18.6 Å². The molecule has 1 spiro atoms. The van der Waals surface area contributed by atoms with Gasteiger partial charge in [-0.3, -0.25) is 14.4 Å². The third kappa shape index (κ3) is 3.39. The molecule has 0 radical (unpaired) electrons. The lowest BCUT2D eigenvalue weighted by Gasteiger charge is -2.33. The molecule has 7 heteroatoms. The number of benzene rings is 1. The Kier molecular flexibility index (Phi) is 4.87. The molecule has 2 bridgehead atoms. The number of rotatable bonds is 6. The van der Waals surface area contributed by atoms with Crippen molar-refractivity contribution in [2.45, 2.75) is 81.8 Å². The predicted octanol–water partition coefficient (Wildman–Crippen LogP) is 1.98. The summed E-state index contributed by atoms with van der Waals surface area (Å²) in [5.74, 6) is -1.72. The first-order valence-electron chi connectivity index (χ1n) is 12.3. The first kappa shape index (κ1) is 20.9. The van der Waals surface area contributed by atoms with Crippen LogP contribution in [0.15, 0.2) is 36.4 Å². The summed E-state index contributed by atoms with van der Waals surface area (Å²) in [4.78, 5) is 42.3. The van der Waals surface area contributed by atoms with Gasteiger partial charge in [0.2, 0.25) is 17.7 Å². The molecule has 6 rings (SSSR count). The highest BCUT2D eigenvalue weighted by atomic mass is 16.5. The van der Waals surface area contributed by atoms with E-state index in [2.05, 4.69) is 10.6 Å². The van der Waals surface area contributed by atoms with Crippen LogP contribution in [-0.4, -0.2) is 52.5 Å². The third-order valence-corrected chi connectivity index (χ3v) is 8.02. The van der Waals surface area contributed by atoms with Crippen molar-refractivity contribution in [3.8, 4) is 0 Å². The molecule has 174 valence electrons. The average molecular weight is 450 g/mol. The van der Waals surface area contributed by atoms with Crippen LogP contribution in [0.2, 0.25) is 0 Å². The summed E-state index contributed by atoms with van der Waals surface area (Å²) in [6, 6.07) is 7.57. The third-order valence-electron chi connectivity index (χ3n) is 8.02. The molecule has 2 aliphatic carbocycles. The number of aryl methyl sites for hydroxylation is 1. The highest BCUT2D eigenvalue weighted by molar-refractivity contribution is 6.00. The van der Waals surface area contributed by atoms with E-state index in [9.17, 15) is 14.4 Å². The summed E-state index contributed by atoms with van der Waals surface area (Å²) in [7, 11) is 0. The predicted molar refractivity (Wildman–Crippen MR) is 121 cm³/mol. The number of fused-ring (bicyclic) bond motifs is 1. The Balaban J connectivity index is 1.34. The van der Waals surface area contributed by atoms with Gasteiger partial charge in [-0.25, -0.2) is 0 Å². The monoisotopic (exact) mass is 449 g/mol. The maximum atomic E-state index is 13.9.